The maximum absolute atomic E-state index is 12.2. The van der Waals surface area contributed by atoms with Gasteiger partial charge in [-0.25, -0.2) is 4.79 Å². The standard InChI is InChI=1S/C20H19N3O3/c1-12-3-4-16(20(24)26-23-17-9-10-17)11-18(12)14-5-7-15(8-6-14)19-22-21-13(2)25-19/h3-8,11,17,23H,9-10H2,1-2H3. The van der Waals surface area contributed by atoms with Gasteiger partial charge in [0.2, 0.25) is 11.8 Å². The highest BCUT2D eigenvalue weighted by molar-refractivity contribution is 5.91. The number of hydrogen-bond donors (Lipinski definition) is 1. The molecule has 0 bridgehead atoms. The number of benzene rings is 2. The van der Waals surface area contributed by atoms with Crippen molar-refractivity contribution in [3.8, 4) is 22.6 Å². The molecular formula is C20H19N3O3. The van der Waals surface area contributed by atoms with Gasteiger partial charge in [0, 0.05) is 18.5 Å². The van der Waals surface area contributed by atoms with E-state index in [1.54, 1.807) is 13.0 Å². The Labute approximate surface area is 151 Å². The number of carbonyl (C=O) groups excluding carboxylic acids is 1. The van der Waals surface area contributed by atoms with Crippen molar-refractivity contribution in [2.75, 3.05) is 0 Å². The van der Waals surface area contributed by atoms with E-state index in [0.29, 0.717) is 23.4 Å². The second kappa shape index (κ2) is 6.72. The van der Waals surface area contributed by atoms with Gasteiger partial charge in [-0.3, -0.25) is 0 Å². The van der Waals surface area contributed by atoms with Crippen LogP contribution < -0.4 is 5.48 Å². The summed E-state index contributed by atoms with van der Waals surface area (Å²) in [6.45, 7) is 3.78. The lowest BCUT2D eigenvalue weighted by Gasteiger charge is -2.10. The molecule has 1 heterocycles. The Balaban J connectivity index is 1.57. The van der Waals surface area contributed by atoms with E-state index in [0.717, 1.165) is 35.1 Å². The summed E-state index contributed by atoms with van der Waals surface area (Å²) in [7, 11) is 0. The number of hydroxylamine groups is 1. The van der Waals surface area contributed by atoms with Gasteiger partial charge in [0.15, 0.2) is 0 Å². The van der Waals surface area contributed by atoms with E-state index >= 15 is 0 Å². The van der Waals surface area contributed by atoms with E-state index in [9.17, 15) is 4.79 Å². The minimum Gasteiger partial charge on any atom is -0.421 e. The first-order chi connectivity index (χ1) is 12.6. The molecule has 6 heteroatoms. The molecule has 1 fully saturated rings. The normalized spacial score (nSPS) is 13.6. The zero-order valence-corrected chi connectivity index (χ0v) is 14.7. The lowest BCUT2D eigenvalue weighted by molar-refractivity contribution is 0.0236. The van der Waals surface area contributed by atoms with Gasteiger partial charge in [0.25, 0.3) is 0 Å². The highest BCUT2D eigenvalue weighted by Crippen LogP contribution is 2.28. The van der Waals surface area contributed by atoms with Gasteiger partial charge in [-0.05, 0) is 60.7 Å². The molecule has 0 aliphatic heterocycles. The second-order valence-corrected chi connectivity index (χ2v) is 6.51. The minimum atomic E-state index is -0.365. The third-order valence-corrected chi connectivity index (χ3v) is 4.34. The summed E-state index contributed by atoms with van der Waals surface area (Å²) in [6.07, 6.45) is 2.11. The van der Waals surface area contributed by atoms with Gasteiger partial charge in [0.05, 0.1) is 5.56 Å². The number of carbonyl (C=O) groups is 1. The molecule has 3 aromatic rings. The van der Waals surface area contributed by atoms with E-state index in [2.05, 4.69) is 15.7 Å². The van der Waals surface area contributed by atoms with Crippen molar-refractivity contribution in [2.24, 2.45) is 0 Å². The molecule has 0 radical (unpaired) electrons. The van der Waals surface area contributed by atoms with Crippen molar-refractivity contribution in [1.82, 2.24) is 15.7 Å². The highest BCUT2D eigenvalue weighted by atomic mass is 16.7. The Morgan fingerprint density at radius 1 is 1.08 bits per heavy atom. The smallest absolute Gasteiger partial charge is 0.356 e. The molecule has 1 saturated carbocycles. The zero-order valence-electron chi connectivity index (χ0n) is 14.7. The summed E-state index contributed by atoms with van der Waals surface area (Å²) in [5.74, 6) is 0.663. The molecule has 26 heavy (non-hydrogen) atoms. The second-order valence-electron chi connectivity index (χ2n) is 6.51. The van der Waals surface area contributed by atoms with Crippen LogP contribution in [0.2, 0.25) is 0 Å². The summed E-state index contributed by atoms with van der Waals surface area (Å²) < 4.78 is 5.45. The molecule has 2 aromatic carbocycles. The maximum Gasteiger partial charge on any atom is 0.356 e. The fourth-order valence-corrected chi connectivity index (χ4v) is 2.66. The van der Waals surface area contributed by atoms with Gasteiger partial charge in [0.1, 0.15) is 0 Å². The van der Waals surface area contributed by atoms with Crippen molar-refractivity contribution >= 4 is 5.97 Å². The minimum absolute atomic E-state index is 0.310. The molecule has 0 saturated heterocycles. The van der Waals surface area contributed by atoms with Crippen LogP contribution in [-0.2, 0) is 4.84 Å². The molecule has 0 amide bonds. The zero-order chi connectivity index (χ0) is 18.1. The van der Waals surface area contributed by atoms with Crippen LogP contribution >= 0.6 is 0 Å². The largest absolute Gasteiger partial charge is 0.421 e. The monoisotopic (exact) mass is 349 g/mol. The van der Waals surface area contributed by atoms with E-state index in [-0.39, 0.29) is 5.97 Å². The molecule has 1 aliphatic carbocycles. The molecule has 132 valence electrons. The number of rotatable bonds is 5. The average Bonchev–Trinajstić information content (AvgIpc) is 3.39. The van der Waals surface area contributed by atoms with Crippen LogP contribution in [0.4, 0.5) is 0 Å². The third-order valence-electron chi connectivity index (χ3n) is 4.34. The van der Waals surface area contributed by atoms with Gasteiger partial charge in [-0.2, -0.15) is 0 Å². The summed E-state index contributed by atoms with van der Waals surface area (Å²) >= 11 is 0. The van der Waals surface area contributed by atoms with Crippen LogP contribution in [0.25, 0.3) is 22.6 Å². The number of nitrogens with zero attached hydrogens (tertiary/aromatic N) is 2. The molecule has 1 N–H and O–H groups in total. The quantitative estimate of drug-likeness (QED) is 0.705. The maximum atomic E-state index is 12.2. The fourth-order valence-electron chi connectivity index (χ4n) is 2.66. The van der Waals surface area contributed by atoms with Crippen molar-refractivity contribution in [2.45, 2.75) is 32.7 Å². The molecule has 1 aliphatic rings. The van der Waals surface area contributed by atoms with Crippen LogP contribution in [0.5, 0.6) is 0 Å². The average molecular weight is 349 g/mol. The molecule has 0 unspecified atom stereocenters. The first-order valence-electron chi connectivity index (χ1n) is 8.58. The van der Waals surface area contributed by atoms with Crippen molar-refractivity contribution in [1.29, 1.82) is 0 Å². The Morgan fingerprint density at radius 3 is 2.46 bits per heavy atom. The number of aryl methyl sites for hydroxylation is 2. The summed E-state index contributed by atoms with van der Waals surface area (Å²) in [4.78, 5) is 17.3. The molecular weight excluding hydrogens is 330 g/mol. The number of nitrogens with one attached hydrogen (secondary N) is 1. The van der Waals surface area contributed by atoms with E-state index in [1.807, 2.05) is 43.3 Å². The number of hydrogen-bond acceptors (Lipinski definition) is 6. The third kappa shape index (κ3) is 3.50. The first kappa shape index (κ1) is 16.5. The van der Waals surface area contributed by atoms with Crippen LogP contribution in [0.1, 0.15) is 34.7 Å². The van der Waals surface area contributed by atoms with Gasteiger partial charge in [-0.15, -0.1) is 15.7 Å². The number of aromatic nitrogens is 2. The fraction of sp³-hybridized carbons (Fsp3) is 0.250. The lowest BCUT2D eigenvalue weighted by Crippen LogP contribution is -2.21. The van der Waals surface area contributed by atoms with E-state index in [1.165, 1.54) is 0 Å². The Kier molecular flexibility index (Phi) is 4.26. The molecule has 1 aromatic heterocycles. The first-order valence-corrected chi connectivity index (χ1v) is 8.58. The van der Waals surface area contributed by atoms with E-state index < -0.39 is 0 Å². The van der Waals surface area contributed by atoms with Gasteiger partial charge < -0.3 is 9.25 Å². The predicted octanol–water partition coefficient (Wildman–Crippen LogP) is 3.84. The SMILES string of the molecule is Cc1nnc(-c2ccc(-c3cc(C(=O)ONC4CC4)ccc3C)cc2)o1. The Hall–Kier alpha value is -2.99. The summed E-state index contributed by atoms with van der Waals surface area (Å²) in [6, 6.07) is 13.7. The highest BCUT2D eigenvalue weighted by Gasteiger charge is 2.23. The van der Waals surface area contributed by atoms with Gasteiger partial charge >= 0.3 is 5.97 Å². The Morgan fingerprint density at radius 2 is 1.81 bits per heavy atom. The molecule has 0 spiro atoms. The topological polar surface area (TPSA) is 77.2 Å². The van der Waals surface area contributed by atoms with E-state index in [4.69, 9.17) is 9.25 Å². The van der Waals surface area contributed by atoms with Crippen molar-refractivity contribution < 1.29 is 14.0 Å². The van der Waals surface area contributed by atoms with Crippen LogP contribution in [0, 0.1) is 13.8 Å². The molecule has 6 nitrogen and oxygen atoms in total. The lowest BCUT2D eigenvalue weighted by atomic mass is 9.97. The van der Waals surface area contributed by atoms with Crippen LogP contribution in [0.3, 0.4) is 0 Å². The predicted molar refractivity (Wildman–Crippen MR) is 96.2 cm³/mol. The molecule has 4 rings (SSSR count). The summed E-state index contributed by atoms with van der Waals surface area (Å²) in [5.41, 5.74) is 7.24. The molecule has 0 atom stereocenters. The van der Waals surface area contributed by atoms with Crippen LogP contribution in [-0.4, -0.2) is 22.2 Å². The van der Waals surface area contributed by atoms with Gasteiger partial charge in [-0.1, -0.05) is 18.2 Å². The summed E-state index contributed by atoms with van der Waals surface area (Å²) in [5, 5.41) is 7.88. The van der Waals surface area contributed by atoms with Crippen molar-refractivity contribution in [3.63, 3.8) is 0 Å². The van der Waals surface area contributed by atoms with Crippen molar-refractivity contribution in [3.05, 3.63) is 59.5 Å². The Bertz CT molecular complexity index is 943. The van der Waals surface area contributed by atoms with Crippen LogP contribution in [0.15, 0.2) is 46.9 Å².